The number of hydrogen-bond donors (Lipinski definition) is 2. The van der Waals surface area contributed by atoms with Gasteiger partial charge in [-0.1, -0.05) is 13.8 Å². The van der Waals surface area contributed by atoms with Crippen LogP contribution in [0.4, 0.5) is 0 Å². The Hall–Kier alpha value is -2.38. The molecule has 25 heavy (non-hydrogen) atoms. The summed E-state index contributed by atoms with van der Waals surface area (Å²) in [6.45, 7) is 5.30. The summed E-state index contributed by atoms with van der Waals surface area (Å²) in [6, 6.07) is 0.0952. The molecule has 1 fully saturated rings. The zero-order valence-corrected chi connectivity index (χ0v) is 14.8. The Morgan fingerprint density at radius 3 is 2.56 bits per heavy atom. The molecule has 1 aromatic heterocycles. The van der Waals surface area contributed by atoms with Gasteiger partial charge in [-0.3, -0.25) is 14.3 Å². The molecular weight excluding hydrogens is 324 g/mol. The van der Waals surface area contributed by atoms with E-state index >= 15 is 0 Å². The minimum absolute atomic E-state index is 0.0343. The lowest BCUT2D eigenvalue weighted by Gasteiger charge is -2.32. The number of piperidine rings is 1. The molecule has 0 aromatic carbocycles. The second-order valence-electron chi connectivity index (χ2n) is 6.84. The lowest BCUT2D eigenvalue weighted by Crippen LogP contribution is -2.44. The summed E-state index contributed by atoms with van der Waals surface area (Å²) in [5, 5.41) is 15.7. The average Bonchev–Trinajstić information content (AvgIpc) is 3.08. The number of carboxylic acids is 1. The first-order chi connectivity index (χ1) is 11.9. The molecule has 138 valence electrons. The van der Waals surface area contributed by atoms with Crippen molar-refractivity contribution in [3.8, 4) is 0 Å². The Balaban J connectivity index is 1.74. The monoisotopic (exact) mass is 350 g/mol. The second kappa shape index (κ2) is 8.64. The van der Waals surface area contributed by atoms with Crippen molar-refractivity contribution in [3.63, 3.8) is 0 Å². The third kappa shape index (κ3) is 5.58. The number of rotatable bonds is 7. The molecule has 8 heteroatoms. The maximum atomic E-state index is 12.2. The molecule has 0 spiro atoms. The number of hydrogen-bond acceptors (Lipinski definition) is 4. The second-order valence-corrected chi connectivity index (χ2v) is 6.84. The molecule has 0 unspecified atom stereocenters. The molecule has 2 rings (SSSR count). The number of carbonyl (C=O) groups is 3. The molecule has 0 atom stereocenters. The Labute approximate surface area is 147 Å². The van der Waals surface area contributed by atoms with E-state index in [0.29, 0.717) is 38.3 Å². The summed E-state index contributed by atoms with van der Waals surface area (Å²) in [6.07, 6.45) is 5.55. The average molecular weight is 350 g/mol. The number of nitrogens with one attached hydrogen (secondary N) is 1. The number of aromatic nitrogens is 2. The van der Waals surface area contributed by atoms with Gasteiger partial charge >= 0.3 is 5.97 Å². The minimum atomic E-state index is -0.993. The van der Waals surface area contributed by atoms with E-state index in [4.69, 9.17) is 5.11 Å². The van der Waals surface area contributed by atoms with Crippen LogP contribution in [0.2, 0.25) is 0 Å². The Bertz CT molecular complexity index is 618. The maximum Gasteiger partial charge on any atom is 0.338 e. The van der Waals surface area contributed by atoms with E-state index < -0.39 is 5.97 Å². The van der Waals surface area contributed by atoms with Crippen LogP contribution in [0.15, 0.2) is 12.4 Å². The summed E-state index contributed by atoms with van der Waals surface area (Å²) in [5.41, 5.74) is 0.169. The van der Waals surface area contributed by atoms with Gasteiger partial charge in [0.25, 0.3) is 0 Å². The lowest BCUT2D eigenvalue weighted by atomic mass is 10.1. The third-order valence-corrected chi connectivity index (χ3v) is 4.43. The molecule has 0 saturated carbocycles. The van der Waals surface area contributed by atoms with Gasteiger partial charge in [-0.2, -0.15) is 5.10 Å². The molecule has 2 amide bonds. The minimum Gasteiger partial charge on any atom is -0.478 e. The highest BCUT2D eigenvalue weighted by Gasteiger charge is 2.24. The standard InChI is InChI=1S/C17H26N4O4/c1-12(2)3-4-15(22)18-10-16(23)20-7-5-14(6-8-20)21-11-13(9-19-21)17(24)25/h9,11-12,14H,3-8,10H2,1-2H3,(H,18,22)(H,24,25). The highest BCUT2D eigenvalue weighted by atomic mass is 16.4. The summed E-state index contributed by atoms with van der Waals surface area (Å²) in [5.74, 6) is -0.700. The van der Waals surface area contributed by atoms with Gasteiger partial charge in [-0.25, -0.2) is 4.79 Å². The molecule has 8 nitrogen and oxygen atoms in total. The van der Waals surface area contributed by atoms with E-state index in [9.17, 15) is 14.4 Å². The van der Waals surface area contributed by atoms with Crippen molar-refractivity contribution in [3.05, 3.63) is 18.0 Å². The van der Waals surface area contributed by atoms with Crippen LogP contribution in [0.3, 0.4) is 0 Å². The van der Waals surface area contributed by atoms with Crippen LogP contribution in [0, 0.1) is 5.92 Å². The molecule has 1 aliphatic heterocycles. The van der Waals surface area contributed by atoms with Crippen LogP contribution < -0.4 is 5.32 Å². The Kier molecular flexibility index (Phi) is 6.55. The van der Waals surface area contributed by atoms with Crippen LogP contribution in [-0.4, -0.2) is 57.2 Å². The molecule has 2 heterocycles. The summed E-state index contributed by atoms with van der Waals surface area (Å²) < 4.78 is 1.67. The van der Waals surface area contributed by atoms with Gasteiger partial charge in [0.1, 0.15) is 0 Å². The molecule has 0 radical (unpaired) electrons. The summed E-state index contributed by atoms with van der Waals surface area (Å²) >= 11 is 0. The van der Waals surface area contributed by atoms with E-state index in [2.05, 4.69) is 24.3 Å². The number of amides is 2. The van der Waals surface area contributed by atoms with Gasteiger partial charge in [0.15, 0.2) is 0 Å². The van der Waals surface area contributed by atoms with Crippen LogP contribution in [0.5, 0.6) is 0 Å². The molecule has 0 bridgehead atoms. The fraction of sp³-hybridized carbons (Fsp3) is 0.647. The first-order valence-electron chi connectivity index (χ1n) is 8.68. The highest BCUT2D eigenvalue weighted by molar-refractivity contribution is 5.86. The number of carboxylic acid groups (broad SMARTS) is 1. The number of carbonyl (C=O) groups excluding carboxylic acids is 2. The fourth-order valence-corrected chi connectivity index (χ4v) is 2.82. The van der Waals surface area contributed by atoms with Gasteiger partial charge in [0, 0.05) is 25.7 Å². The highest BCUT2D eigenvalue weighted by Crippen LogP contribution is 2.22. The quantitative estimate of drug-likeness (QED) is 0.771. The van der Waals surface area contributed by atoms with Gasteiger partial charge in [0.05, 0.1) is 24.3 Å². The summed E-state index contributed by atoms with van der Waals surface area (Å²) in [4.78, 5) is 36.5. The van der Waals surface area contributed by atoms with Crippen LogP contribution in [-0.2, 0) is 9.59 Å². The Morgan fingerprint density at radius 2 is 2.00 bits per heavy atom. The van der Waals surface area contributed by atoms with Gasteiger partial charge in [-0.15, -0.1) is 0 Å². The number of aromatic carboxylic acids is 1. The largest absolute Gasteiger partial charge is 0.478 e. The van der Waals surface area contributed by atoms with Crippen molar-refractivity contribution in [2.45, 2.75) is 45.6 Å². The topological polar surface area (TPSA) is 105 Å². The van der Waals surface area contributed by atoms with Crippen molar-refractivity contribution in [1.29, 1.82) is 0 Å². The Morgan fingerprint density at radius 1 is 1.32 bits per heavy atom. The zero-order chi connectivity index (χ0) is 18.4. The fourth-order valence-electron chi connectivity index (χ4n) is 2.82. The van der Waals surface area contributed by atoms with Gasteiger partial charge < -0.3 is 15.3 Å². The van der Waals surface area contributed by atoms with Crippen LogP contribution in [0.25, 0.3) is 0 Å². The molecule has 1 aliphatic rings. The number of likely N-dealkylation sites (tertiary alicyclic amines) is 1. The molecule has 1 aromatic rings. The van der Waals surface area contributed by atoms with Gasteiger partial charge in [-0.05, 0) is 25.2 Å². The van der Waals surface area contributed by atoms with E-state index in [1.165, 1.54) is 12.4 Å². The molecule has 0 aliphatic carbocycles. The van der Waals surface area contributed by atoms with Crippen molar-refractivity contribution in [2.75, 3.05) is 19.6 Å². The van der Waals surface area contributed by atoms with Crippen molar-refractivity contribution in [1.82, 2.24) is 20.0 Å². The molecular formula is C17H26N4O4. The first kappa shape index (κ1) is 19.0. The van der Waals surface area contributed by atoms with Gasteiger partial charge in [0.2, 0.25) is 11.8 Å². The van der Waals surface area contributed by atoms with E-state index in [-0.39, 0.29) is 30.0 Å². The maximum absolute atomic E-state index is 12.2. The lowest BCUT2D eigenvalue weighted by molar-refractivity contribution is -0.134. The van der Waals surface area contributed by atoms with Crippen LogP contribution >= 0.6 is 0 Å². The number of nitrogens with zero attached hydrogens (tertiary/aromatic N) is 3. The van der Waals surface area contributed by atoms with Crippen molar-refractivity contribution in [2.24, 2.45) is 5.92 Å². The first-order valence-corrected chi connectivity index (χ1v) is 8.68. The van der Waals surface area contributed by atoms with Crippen LogP contribution in [0.1, 0.15) is 55.9 Å². The summed E-state index contributed by atoms with van der Waals surface area (Å²) in [7, 11) is 0. The zero-order valence-electron chi connectivity index (χ0n) is 14.8. The molecule has 1 saturated heterocycles. The predicted octanol–water partition coefficient (Wildman–Crippen LogP) is 1.30. The SMILES string of the molecule is CC(C)CCC(=O)NCC(=O)N1CCC(n2cc(C(=O)O)cn2)CC1. The van der Waals surface area contributed by atoms with Crippen molar-refractivity contribution < 1.29 is 19.5 Å². The van der Waals surface area contributed by atoms with Crippen molar-refractivity contribution >= 4 is 17.8 Å². The van der Waals surface area contributed by atoms with E-state index in [1.807, 2.05) is 0 Å². The molecule has 2 N–H and O–H groups in total. The predicted molar refractivity (Wildman–Crippen MR) is 91.1 cm³/mol. The van der Waals surface area contributed by atoms with E-state index in [1.54, 1.807) is 9.58 Å². The van der Waals surface area contributed by atoms with E-state index in [0.717, 1.165) is 6.42 Å². The smallest absolute Gasteiger partial charge is 0.338 e. The third-order valence-electron chi connectivity index (χ3n) is 4.43. The normalized spacial score (nSPS) is 15.4.